The summed E-state index contributed by atoms with van der Waals surface area (Å²) >= 11 is 5.82. The fourth-order valence-electron chi connectivity index (χ4n) is 2.44. The molecule has 1 aliphatic heterocycles. The van der Waals surface area contributed by atoms with Crippen molar-refractivity contribution in [2.24, 2.45) is 0 Å². The highest BCUT2D eigenvalue weighted by Crippen LogP contribution is 2.37. The summed E-state index contributed by atoms with van der Waals surface area (Å²) in [6.45, 7) is 0.631. The highest BCUT2D eigenvalue weighted by atomic mass is 35.5. The largest absolute Gasteiger partial charge is 0.497 e. The number of anilines is 1. The molecule has 1 aliphatic rings. The van der Waals surface area contributed by atoms with Crippen LogP contribution in [0.1, 0.15) is 18.0 Å². The Morgan fingerprint density at radius 1 is 1.29 bits per heavy atom. The van der Waals surface area contributed by atoms with E-state index in [0.717, 1.165) is 29.2 Å². The first-order valence-corrected chi connectivity index (χ1v) is 7.07. The summed E-state index contributed by atoms with van der Waals surface area (Å²) in [5.41, 5.74) is 1.81. The van der Waals surface area contributed by atoms with E-state index in [4.69, 9.17) is 21.1 Å². The number of rotatable bonds is 3. The maximum atomic E-state index is 13.2. The van der Waals surface area contributed by atoms with Gasteiger partial charge in [0.05, 0.1) is 24.8 Å². The molecule has 110 valence electrons. The summed E-state index contributed by atoms with van der Waals surface area (Å²) < 4.78 is 24.1. The van der Waals surface area contributed by atoms with Crippen molar-refractivity contribution in [1.29, 1.82) is 0 Å². The second-order valence-corrected chi connectivity index (χ2v) is 5.27. The van der Waals surface area contributed by atoms with Crippen LogP contribution in [0.15, 0.2) is 36.4 Å². The number of hydrogen-bond acceptors (Lipinski definition) is 3. The molecule has 0 saturated heterocycles. The molecule has 1 atom stereocenters. The monoisotopic (exact) mass is 307 g/mol. The molecule has 21 heavy (non-hydrogen) atoms. The number of halogens is 2. The van der Waals surface area contributed by atoms with Gasteiger partial charge in [-0.15, -0.1) is 0 Å². The van der Waals surface area contributed by atoms with Crippen molar-refractivity contribution in [3.8, 4) is 11.5 Å². The van der Waals surface area contributed by atoms with E-state index in [-0.39, 0.29) is 11.1 Å². The molecule has 0 amide bonds. The lowest BCUT2D eigenvalue weighted by Crippen LogP contribution is -2.20. The zero-order valence-electron chi connectivity index (χ0n) is 11.5. The van der Waals surface area contributed by atoms with Crippen molar-refractivity contribution in [2.45, 2.75) is 12.5 Å². The Labute approximate surface area is 127 Å². The van der Waals surface area contributed by atoms with Crippen LogP contribution in [0, 0.1) is 5.82 Å². The van der Waals surface area contributed by atoms with Crippen molar-refractivity contribution >= 4 is 17.3 Å². The second-order valence-electron chi connectivity index (χ2n) is 4.87. The van der Waals surface area contributed by atoms with E-state index in [1.807, 2.05) is 18.2 Å². The maximum Gasteiger partial charge on any atom is 0.141 e. The first-order chi connectivity index (χ1) is 10.2. The molecule has 2 aromatic carbocycles. The van der Waals surface area contributed by atoms with Crippen molar-refractivity contribution in [3.63, 3.8) is 0 Å². The maximum absolute atomic E-state index is 13.2. The second kappa shape index (κ2) is 5.82. The van der Waals surface area contributed by atoms with Gasteiger partial charge in [0.2, 0.25) is 0 Å². The highest BCUT2D eigenvalue weighted by Gasteiger charge is 2.22. The van der Waals surface area contributed by atoms with Crippen molar-refractivity contribution in [2.75, 3.05) is 19.0 Å². The quantitative estimate of drug-likeness (QED) is 0.910. The van der Waals surface area contributed by atoms with Gasteiger partial charge in [-0.1, -0.05) is 11.6 Å². The summed E-state index contributed by atoms with van der Waals surface area (Å²) in [6, 6.07) is 10.4. The van der Waals surface area contributed by atoms with Gasteiger partial charge < -0.3 is 14.8 Å². The van der Waals surface area contributed by atoms with E-state index >= 15 is 0 Å². The smallest absolute Gasteiger partial charge is 0.141 e. The molecule has 2 aromatic rings. The van der Waals surface area contributed by atoms with Crippen LogP contribution in [0.2, 0.25) is 5.02 Å². The molecule has 1 N–H and O–H groups in total. The van der Waals surface area contributed by atoms with Gasteiger partial charge in [0.1, 0.15) is 17.3 Å². The predicted molar refractivity (Wildman–Crippen MR) is 80.9 cm³/mol. The van der Waals surface area contributed by atoms with Gasteiger partial charge in [0, 0.05) is 17.7 Å². The van der Waals surface area contributed by atoms with E-state index in [9.17, 15) is 4.39 Å². The molecule has 0 spiro atoms. The van der Waals surface area contributed by atoms with Gasteiger partial charge in [-0.05, 0) is 36.4 Å². The van der Waals surface area contributed by atoms with Crippen molar-refractivity contribution < 1.29 is 13.9 Å². The van der Waals surface area contributed by atoms with Gasteiger partial charge >= 0.3 is 0 Å². The molecule has 0 radical (unpaired) electrons. The Morgan fingerprint density at radius 3 is 2.90 bits per heavy atom. The molecule has 3 rings (SSSR count). The molecule has 1 unspecified atom stereocenters. The Hall–Kier alpha value is -1.94. The Balaban J connectivity index is 1.88. The highest BCUT2D eigenvalue weighted by molar-refractivity contribution is 6.31. The van der Waals surface area contributed by atoms with Crippen LogP contribution in [0.5, 0.6) is 11.5 Å². The third kappa shape index (κ3) is 2.90. The van der Waals surface area contributed by atoms with Crippen molar-refractivity contribution in [3.05, 3.63) is 52.8 Å². The first-order valence-electron chi connectivity index (χ1n) is 6.69. The van der Waals surface area contributed by atoms with Crippen LogP contribution in [-0.2, 0) is 0 Å². The average Bonchev–Trinajstić information content (AvgIpc) is 2.51. The SMILES string of the molecule is COc1ccc2c(c1)C(Nc1ccc(F)c(Cl)c1)CCO2. The molecule has 0 aromatic heterocycles. The van der Waals surface area contributed by atoms with E-state index < -0.39 is 5.82 Å². The lowest BCUT2D eigenvalue weighted by molar-refractivity contribution is 0.273. The Bertz CT molecular complexity index is 663. The fourth-order valence-corrected chi connectivity index (χ4v) is 2.62. The van der Waals surface area contributed by atoms with Crippen LogP contribution in [-0.4, -0.2) is 13.7 Å². The average molecular weight is 308 g/mol. The minimum absolute atomic E-state index is 0.0744. The molecule has 5 heteroatoms. The summed E-state index contributed by atoms with van der Waals surface area (Å²) in [4.78, 5) is 0. The molecule has 0 fully saturated rings. The Kier molecular flexibility index (Phi) is 3.88. The van der Waals surface area contributed by atoms with Crippen LogP contribution in [0.4, 0.5) is 10.1 Å². The van der Waals surface area contributed by atoms with Crippen molar-refractivity contribution in [1.82, 2.24) is 0 Å². The molecule has 3 nitrogen and oxygen atoms in total. The molecule has 0 saturated carbocycles. The summed E-state index contributed by atoms with van der Waals surface area (Å²) in [6.07, 6.45) is 0.815. The third-order valence-corrected chi connectivity index (χ3v) is 3.81. The summed E-state index contributed by atoms with van der Waals surface area (Å²) in [5, 5.41) is 3.48. The lowest BCUT2D eigenvalue weighted by atomic mass is 10.00. The first kappa shape index (κ1) is 14.0. The zero-order valence-corrected chi connectivity index (χ0v) is 12.3. The number of hydrogen-bond donors (Lipinski definition) is 1. The van der Waals surface area contributed by atoms with Gasteiger partial charge in [-0.25, -0.2) is 4.39 Å². The van der Waals surface area contributed by atoms with E-state index in [2.05, 4.69) is 5.32 Å². The van der Waals surface area contributed by atoms with E-state index in [1.54, 1.807) is 19.2 Å². The number of fused-ring (bicyclic) bond motifs is 1. The van der Waals surface area contributed by atoms with Crippen LogP contribution in [0.25, 0.3) is 0 Å². The number of benzene rings is 2. The van der Waals surface area contributed by atoms with Gasteiger partial charge in [0.15, 0.2) is 0 Å². The topological polar surface area (TPSA) is 30.5 Å². The molecule has 1 heterocycles. The van der Waals surface area contributed by atoms with Gasteiger partial charge in [-0.3, -0.25) is 0 Å². The summed E-state index contributed by atoms with van der Waals surface area (Å²) in [7, 11) is 1.63. The molecule has 0 aliphatic carbocycles. The Morgan fingerprint density at radius 2 is 2.14 bits per heavy atom. The fraction of sp³-hybridized carbons (Fsp3) is 0.250. The van der Waals surface area contributed by atoms with Crippen LogP contribution >= 0.6 is 11.6 Å². The number of methoxy groups -OCH3 is 1. The molecule has 0 bridgehead atoms. The summed E-state index contributed by atoms with van der Waals surface area (Å²) in [5.74, 6) is 1.20. The standard InChI is InChI=1S/C16H15ClFNO2/c1-20-11-3-5-16-12(9-11)15(6-7-21-16)19-10-2-4-14(18)13(17)8-10/h2-5,8-9,15,19H,6-7H2,1H3. The predicted octanol–water partition coefficient (Wildman–Crippen LogP) is 4.42. The normalized spacial score (nSPS) is 16.8. The number of ether oxygens (including phenoxy) is 2. The van der Waals surface area contributed by atoms with E-state index in [1.165, 1.54) is 6.07 Å². The van der Waals surface area contributed by atoms with Gasteiger partial charge in [0.25, 0.3) is 0 Å². The third-order valence-electron chi connectivity index (χ3n) is 3.52. The minimum atomic E-state index is -0.420. The number of nitrogens with one attached hydrogen (secondary N) is 1. The van der Waals surface area contributed by atoms with Gasteiger partial charge in [-0.2, -0.15) is 0 Å². The zero-order chi connectivity index (χ0) is 14.8. The van der Waals surface area contributed by atoms with Crippen LogP contribution in [0.3, 0.4) is 0 Å². The minimum Gasteiger partial charge on any atom is -0.497 e. The molecular weight excluding hydrogens is 293 g/mol. The lowest BCUT2D eigenvalue weighted by Gasteiger charge is -2.28. The molecular formula is C16H15ClFNO2. The van der Waals surface area contributed by atoms with Crippen LogP contribution < -0.4 is 14.8 Å². The van der Waals surface area contributed by atoms with E-state index in [0.29, 0.717) is 6.61 Å².